The highest BCUT2D eigenvalue weighted by Gasteiger charge is 2.39. The van der Waals surface area contributed by atoms with Gasteiger partial charge in [-0.15, -0.1) is 4.57 Å². The molecule has 0 atom stereocenters. The van der Waals surface area contributed by atoms with E-state index in [1.54, 1.807) is 6.07 Å². The molecule has 0 saturated carbocycles. The Balaban J connectivity index is 2.85. The van der Waals surface area contributed by atoms with E-state index in [1.165, 1.54) is 24.3 Å². The molecule has 2 rings (SSSR count). The van der Waals surface area contributed by atoms with Gasteiger partial charge in [0, 0.05) is 0 Å². The van der Waals surface area contributed by atoms with Crippen LogP contribution in [0.3, 0.4) is 0 Å². The van der Waals surface area contributed by atoms with Crippen LogP contribution in [0.25, 0.3) is 5.69 Å². The largest absolute Gasteiger partial charge is 0.476 e. The topological polar surface area (TPSA) is 147 Å². The molecule has 11 nitrogen and oxygen atoms in total. The van der Waals surface area contributed by atoms with E-state index in [-0.39, 0.29) is 5.69 Å². The summed E-state index contributed by atoms with van der Waals surface area (Å²) in [6.07, 6.45) is 0. The second kappa shape index (κ2) is 4.72. The van der Waals surface area contributed by atoms with Crippen molar-refractivity contribution >= 4 is 17.6 Å². The Hall–Kier alpha value is -3.37. The fourth-order valence-corrected chi connectivity index (χ4v) is 1.61. The predicted molar refractivity (Wildman–Crippen MR) is 63.5 cm³/mol. The monoisotopic (exact) mass is 279 g/mol. The molecular formula is C9H5N5O6. The number of rotatable bonds is 4. The Morgan fingerprint density at radius 1 is 0.900 bits per heavy atom. The Labute approximate surface area is 109 Å². The average molecular weight is 279 g/mol. The molecule has 1 aromatic heterocycles. The zero-order valence-corrected chi connectivity index (χ0v) is 9.57. The van der Waals surface area contributed by atoms with Crippen molar-refractivity contribution in [2.24, 2.45) is 0 Å². The molecule has 1 heterocycles. The van der Waals surface area contributed by atoms with Crippen LogP contribution in [-0.2, 0) is 0 Å². The summed E-state index contributed by atoms with van der Waals surface area (Å²) in [6, 6.07) is 7.23. The summed E-state index contributed by atoms with van der Waals surface area (Å²) in [7, 11) is 0. The van der Waals surface area contributed by atoms with E-state index in [2.05, 4.69) is 4.98 Å². The third-order valence-electron chi connectivity index (χ3n) is 2.34. The molecule has 0 aliphatic rings. The number of hydrogen-bond donors (Lipinski definition) is 0. The molecule has 0 amide bonds. The van der Waals surface area contributed by atoms with Crippen LogP contribution in [0.4, 0.5) is 17.6 Å². The lowest BCUT2D eigenvalue weighted by Crippen LogP contribution is -2.05. The maximum Gasteiger partial charge on any atom is 0.476 e. The van der Waals surface area contributed by atoms with Crippen molar-refractivity contribution in [3.63, 3.8) is 0 Å². The predicted octanol–water partition coefficient (Wildman–Crippen LogP) is 1.60. The minimum atomic E-state index is -1.18. The van der Waals surface area contributed by atoms with Crippen molar-refractivity contribution in [2.45, 2.75) is 0 Å². The van der Waals surface area contributed by atoms with Gasteiger partial charge in [0.1, 0.15) is 5.69 Å². The van der Waals surface area contributed by atoms with Crippen LogP contribution in [0.2, 0.25) is 0 Å². The van der Waals surface area contributed by atoms with Crippen molar-refractivity contribution in [1.29, 1.82) is 0 Å². The first-order valence-corrected chi connectivity index (χ1v) is 5.04. The second-order valence-corrected chi connectivity index (χ2v) is 3.50. The molecule has 0 fully saturated rings. The van der Waals surface area contributed by atoms with E-state index in [0.29, 0.717) is 4.57 Å². The highest BCUT2D eigenvalue weighted by Crippen LogP contribution is 2.34. The molecule has 20 heavy (non-hydrogen) atoms. The molecule has 0 radical (unpaired) electrons. The lowest BCUT2D eigenvalue weighted by molar-refractivity contribution is -0.428. The van der Waals surface area contributed by atoms with Gasteiger partial charge in [0.2, 0.25) is 0 Å². The highest BCUT2D eigenvalue weighted by molar-refractivity contribution is 5.54. The Bertz CT molecular complexity index is 709. The summed E-state index contributed by atoms with van der Waals surface area (Å²) in [6.45, 7) is 0. The Morgan fingerprint density at radius 2 is 1.50 bits per heavy atom. The van der Waals surface area contributed by atoms with E-state index in [9.17, 15) is 30.3 Å². The van der Waals surface area contributed by atoms with Gasteiger partial charge in [-0.05, 0) is 31.9 Å². The smallest absolute Gasteiger partial charge is 0.389 e. The van der Waals surface area contributed by atoms with Crippen LogP contribution in [0.15, 0.2) is 30.3 Å². The van der Waals surface area contributed by atoms with Crippen LogP contribution in [0, 0.1) is 30.3 Å². The van der Waals surface area contributed by atoms with E-state index >= 15 is 0 Å². The van der Waals surface area contributed by atoms with Crippen LogP contribution in [0.1, 0.15) is 0 Å². The Kier molecular flexibility index (Phi) is 3.08. The molecule has 0 unspecified atom stereocenters. The molecule has 2 aromatic rings. The Morgan fingerprint density at radius 3 is 1.95 bits per heavy atom. The second-order valence-electron chi connectivity index (χ2n) is 3.50. The van der Waals surface area contributed by atoms with Gasteiger partial charge in [-0.3, -0.25) is 0 Å². The van der Waals surface area contributed by atoms with E-state index in [4.69, 9.17) is 0 Å². The lowest BCUT2D eigenvalue weighted by Gasteiger charge is -2.01. The van der Waals surface area contributed by atoms with Crippen LogP contribution in [-0.4, -0.2) is 24.3 Å². The van der Waals surface area contributed by atoms with Gasteiger partial charge >= 0.3 is 17.6 Å². The quantitative estimate of drug-likeness (QED) is 0.609. The number of imidazole rings is 1. The molecule has 0 aliphatic heterocycles. The number of para-hydroxylation sites is 1. The van der Waals surface area contributed by atoms with E-state index in [0.717, 1.165) is 0 Å². The minimum Gasteiger partial charge on any atom is -0.389 e. The lowest BCUT2D eigenvalue weighted by atomic mass is 10.3. The van der Waals surface area contributed by atoms with Gasteiger partial charge < -0.3 is 30.3 Å². The first kappa shape index (κ1) is 13.1. The maximum absolute atomic E-state index is 11.0. The van der Waals surface area contributed by atoms with Crippen LogP contribution >= 0.6 is 0 Å². The van der Waals surface area contributed by atoms with Crippen molar-refractivity contribution in [3.8, 4) is 5.69 Å². The summed E-state index contributed by atoms with van der Waals surface area (Å²) in [5, 5.41) is 32.6. The fourth-order valence-electron chi connectivity index (χ4n) is 1.61. The first-order chi connectivity index (χ1) is 9.43. The average Bonchev–Trinajstić information content (AvgIpc) is 2.80. The third-order valence-corrected chi connectivity index (χ3v) is 2.34. The number of hydrogen-bond acceptors (Lipinski definition) is 7. The van der Waals surface area contributed by atoms with Gasteiger partial charge in [-0.25, -0.2) is 0 Å². The van der Waals surface area contributed by atoms with Crippen LogP contribution in [0.5, 0.6) is 0 Å². The first-order valence-electron chi connectivity index (χ1n) is 5.04. The van der Waals surface area contributed by atoms with Gasteiger partial charge in [0.05, 0.1) is 0 Å². The SMILES string of the molecule is O=[N+]([O-])c1nc([N+](=O)[O-])n(-c2ccccc2)c1[N+](=O)[O-]. The van der Waals surface area contributed by atoms with E-state index < -0.39 is 32.4 Å². The molecule has 0 N–H and O–H groups in total. The fraction of sp³-hybridized carbons (Fsp3) is 0. The third kappa shape index (κ3) is 2.03. The standard InChI is InChI=1S/C9H5N5O6/c15-12(16)7-8(13(17)18)11(9(10-7)14(19)20)6-4-2-1-3-5-6/h1-5H. The molecule has 102 valence electrons. The molecule has 0 aliphatic carbocycles. The molecule has 11 heteroatoms. The zero-order valence-electron chi connectivity index (χ0n) is 9.57. The van der Waals surface area contributed by atoms with Crippen molar-refractivity contribution < 1.29 is 14.8 Å². The van der Waals surface area contributed by atoms with Crippen molar-refractivity contribution in [1.82, 2.24) is 9.55 Å². The molecule has 0 saturated heterocycles. The van der Waals surface area contributed by atoms with Crippen molar-refractivity contribution in [3.05, 3.63) is 60.7 Å². The highest BCUT2D eigenvalue weighted by atomic mass is 16.6. The summed E-state index contributed by atoms with van der Waals surface area (Å²) in [5.41, 5.74) is 0.0338. The summed E-state index contributed by atoms with van der Waals surface area (Å²) >= 11 is 0. The number of aromatic nitrogens is 2. The summed E-state index contributed by atoms with van der Waals surface area (Å²) < 4.78 is 0.526. The van der Waals surface area contributed by atoms with Crippen molar-refractivity contribution in [2.75, 3.05) is 0 Å². The van der Waals surface area contributed by atoms with Gasteiger partial charge in [0.15, 0.2) is 0 Å². The molecule has 0 bridgehead atoms. The van der Waals surface area contributed by atoms with Gasteiger partial charge in [-0.2, -0.15) is 0 Å². The molecule has 1 aromatic carbocycles. The normalized spacial score (nSPS) is 10.2. The molecular weight excluding hydrogens is 274 g/mol. The number of benzene rings is 1. The zero-order chi connectivity index (χ0) is 14.9. The van der Waals surface area contributed by atoms with Gasteiger partial charge in [-0.1, -0.05) is 18.2 Å². The summed E-state index contributed by atoms with van der Waals surface area (Å²) in [5.74, 6) is -3.23. The minimum absolute atomic E-state index is 0.0338. The number of nitro groups is 3. The summed E-state index contributed by atoms with van der Waals surface area (Å²) in [4.78, 5) is 32.5. The molecule has 0 spiro atoms. The van der Waals surface area contributed by atoms with E-state index in [1.807, 2.05) is 0 Å². The maximum atomic E-state index is 11.0. The van der Waals surface area contributed by atoms with Gasteiger partial charge in [0.25, 0.3) is 0 Å². The number of nitrogens with zero attached hydrogens (tertiary/aromatic N) is 5. The van der Waals surface area contributed by atoms with Crippen LogP contribution < -0.4 is 0 Å².